The van der Waals surface area contributed by atoms with Crippen molar-refractivity contribution in [3.8, 4) is 0 Å². The van der Waals surface area contributed by atoms with Crippen molar-refractivity contribution in [1.82, 2.24) is 0 Å². The molecule has 0 unspecified atom stereocenters. The summed E-state index contributed by atoms with van der Waals surface area (Å²) in [6.45, 7) is 13.3. The van der Waals surface area contributed by atoms with Crippen molar-refractivity contribution in [1.29, 1.82) is 0 Å². The molecule has 2 nitrogen and oxygen atoms in total. The van der Waals surface area contributed by atoms with Crippen LogP contribution in [0.2, 0.25) is 0 Å². The van der Waals surface area contributed by atoms with Crippen molar-refractivity contribution < 1.29 is 9.47 Å². The summed E-state index contributed by atoms with van der Waals surface area (Å²) in [5.41, 5.74) is 2.39. The third-order valence-corrected chi connectivity index (χ3v) is 4.95. The SMILES string of the molecule is C=C(/C=C\C(=C/C)C1CC1)COC(=C/CC)/C(=C\CC(CC)CC)OC. The predicted octanol–water partition coefficient (Wildman–Crippen LogP) is 7.12. The Morgan fingerprint density at radius 2 is 1.77 bits per heavy atom. The van der Waals surface area contributed by atoms with Gasteiger partial charge in [0.15, 0.2) is 11.5 Å². The largest absolute Gasteiger partial charge is 0.493 e. The van der Waals surface area contributed by atoms with Crippen LogP contribution < -0.4 is 0 Å². The first-order valence-corrected chi connectivity index (χ1v) is 10.2. The van der Waals surface area contributed by atoms with Gasteiger partial charge in [0.2, 0.25) is 0 Å². The molecule has 0 aromatic heterocycles. The summed E-state index contributed by atoms with van der Waals surface area (Å²) in [6, 6.07) is 0. The van der Waals surface area contributed by atoms with Gasteiger partial charge < -0.3 is 9.47 Å². The van der Waals surface area contributed by atoms with E-state index < -0.39 is 0 Å². The second kappa shape index (κ2) is 12.6. The topological polar surface area (TPSA) is 18.5 Å². The molecule has 0 heterocycles. The summed E-state index contributed by atoms with van der Waals surface area (Å²) < 4.78 is 11.6. The molecule has 0 radical (unpaired) electrons. The number of allylic oxidation sites excluding steroid dienone is 5. The molecule has 0 aliphatic heterocycles. The Hall–Kier alpha value is -1.70. The van der Waals surface area contributed by atoms with E-state index >= 15 is 0 Å². The minimum Gasteiger partial charge on any atom is -0.493 e. The first kappa shape index (κ1) is 22.3. The molecule has 0 atom stereocenters. The summed E-state index contributed by atoms with van der Waals surface area (Å²) in [7, 11) is 1.72. The van der Waals surface area contributed by atoms with E-state index in [0.717, 1.165) is 35.9 Å². The zero-order valence-electron chi connectivity index (χ0n) is 17.5. The van der Waals surface area contributed by atoms with Crippen molar-refractivity contribution in [3.63, 3.8) is 0 Å². The maximum absolute atomic E-state index is 6.04. The first-order valence-electron chi connectivity index (χ1n) is 10.2. The molecule has 0 saturated heterocycles. The monoisotopic (exact) mass is 358 g/mol. The normalized spacial score (nSPS) is 16.5. The summed E-state index contributed by atoms with van der Waals surface area (Å²) >= 11 is 0. The smallest absolute Gasteiger partial charge is 0.157 e. The number of ether oxygens (including phenoxy) is 2. The van der Waals surface area contributed by atoms with Gasteiger partial charge >= 0.3 is 0 Å². The Balaban J connectivity index is 2.65. The van der Waals surface area contributed by atoms with Crippen LogP contribution in [0.25, 0.3) is 0 Å². The van der Waals surface area contributed by atoms with E-state index in [4.69, 9.17) is 9.47 Å². The number of hydrogen-bond donors (Lipinski definition) is 0. The molecule has 26 heavy (non-hydrogen) atoms. The molecule has 0 amide bonds. The minimum absolute atomic E-state index is 0.482. The Morgan fingerprint density at radius 1 is 1.08 bits per heavy atom. The Morgan fingerprint density at radius 3 is 2.27 bits per heavy atom. The Labute approximate surface area is 161 Å². The highest BCUT2D eigenvalue weighted by Crippen LogP contribution is 2.37. The van der Waals surface area contributed by atoms with E-state index in [1.165, 1.54) is 31.3 Å². The van der Waals surface area contributed by atoms with E-state index in [0.29, 0.717) is 12.5 Å². The van der Waals surface area contributed by atoms with Gasteiger partial charge in [-0.25, -0.2) is 0 Å². The van der Waals surface area contributed by atoms with Gasteiger partial charge in [-0.3, -0.25) is 0 Å². The predicted molar refractivity (Wildman–Crippen MR) is 113 cm³/mol. The van der Waals surface area contributed by atoms with Gasteiger partial charge in [-0.1, -0.05) is 58.4 Å². The lowest BCUT2D eigenvalue weighted by atomic mass is 9.99. The molecule has 0 spiro atoms. The van der Waals surface area contributed by atoms with Gasteiger partial charge in [-0.15, -0.1) is 0 Å². The van der Waals surface area contributed by atoms with E-state index in [1.807, 2.05) is 0 Å². The van der Waals surface area contributed by atoms with Gasteiger partial charge in [0.05, 0.1) is 7.11 Å². The molecule has 1 fully saturated rings. The maximum atomic E-state index is 6.04. The highest BCUT2D eigenvalue weighted by Gasteiger charge is 2.23. The maximum Gasteiger partial charge on any atom is 0.157 e. The fourth-order valence-electron chi connectivity index (χ4n) is 2.91. The zero-order valence-corrected chi connectivity index (χ0v) is 17.5. The summed E-state index contributed by atoms with van der Waals surface area (Å²) in [5, 5.41) is 0. The summed E-state index contributed by atoms with van der Waals surface area (Å²) in [5.74, 6) is 3.11. The van der Waals surface area contributed by atoms with Gasteiger partial charge in [-0.2, -0.15) is 0 Å². The average Bonchev–Trinajstić information content (AvgIpc) is 3.48. The van der Waals surface area contributed by atoms with E-state index in [9.17, 15) is 0 Å². The molecule has 2 heteroatoms. The number of methoxy groups -OCH3 is 1. The third-order valence-electron chi connectivity index (χ3n) is 4.95. The van der Waals surface area contributed by atoms with Crippen LogP contribution in [-0.4, -0.2) is 13.7 Å². The third kappa shape index (κ3) is 8.12. The quantitative estimate of drug-likeness (QED) is 0.258. The lowest BCUT2D eigenvalue weighted by Crippen LogP contribution is -2.03. The average molecular weight is 359 g/mol. The second-order valence-corrected chi connectivity index (χ2v) is 7.01. The van der Waals surface area contributed by atoms with Crippen LogP contribution in [0.1, 0.15) is 66.2 Å². The van der Waals surface area contributed by atoms with E-state index in [1.54, 1.807) is 7.11 Å². The summed E-state index contributed by atoms with van der Waals surface area (Å²) in [6.07, 6.45) is 17.7. The molecule has 1 saturated carbocycles. The van der Waals surface area contributed by atoms with Crippen molar-refractivity contribution in [3.05, 3.63) is 59.6 Å². The standard InChI is InChI=1S/C24H38O2/c1-7-11-24(23(25-6)17-13-20(8-2)9-3)26-18-19(5)12-14-21(10-4)22-15-16-22/h10-12,14,17,20,22H,5,7-9,13,15-16,18H2,1-4,6H3/b14-12-,21-10+,23-17+,24-11+. The molecule has 0 aromatic rings. The molecule has 1 aliphatic rings. The van der Waals surface area contributed by atoms with Crippen LogP contribution in [0.3, 0.4) is 0 Å². The van der Waals surface area contributed by atoms with E-state index in [-0.39, 0.29) is 0 Å². The fraction of sp³-hybridized carbons (Fsp3) is 0.583. The van der Waals surface area contributed by atoms with Crippen LogP contribution in [0.5, 0.6) is 0 Å². The molecule has 1 rings (SSSR count). The molecule has 0 N–H and O–H groups in total. The first-order chi connectivity index (χ1) is 12.6. The number of rotatable bonds is 13. The fourth-order valence-corrected chi connectivity index (χ4v) is 2.91. The highest BCUT2D eigenvalue weighted by molar-refractivity contribution is 5.30. The molecule has 0 bridgehead atoms. The minimum atomic E-state index is 0.482. The van der Waals surface area contributed by atoms with Crippen LogP contribution in [0, 0.1) is 11.8 Å². The van der Waals surface area contributed by atoms with Gasteiger partial charge in [-0.05, 0) is 67.7 Å². The van der Waals surface area contributed by atoms with Crippen molar-refractivity contribution in [2.75, 3.05) is 13.7 Å². The highest BCUT2D eigenvalue weighted by atomic mass is 16.5. The molecular formula is C24H38O2. The van der Waals surface area contributed by atoms with Crippen molar-refractivity contribution in [2.45, 2.75) is 66.2 Å². The van der Waals surface area contributed by atoms with Gasteiger partial charge in [0, 0.05) is 0 Å². The van der Waals surface area contributed by atoms with Gasteiger partial charge in [0.1, 0.15) is 6.61 Å². The van der Waals surface area contributed by atoms with E-state index in [2.05, 4.69) is 64.7 Å². The van der Waals surface area contributed by atoms with Crippen LogP contribution in [0.15, 0.2) is 59.6 Å². The lowest BCUT2D eigenvalue weighted by Gasteiger charge is -2.15. The van der Waals surface area contributed by atoms with Crippen LogP contribution in [-0.2, 0) is 9.47 Å². The Bertz CT molecular complexity index is 541. The summed E-state index contributed by atoms with van der Waals surface area (Å²) in [4.78, 5) is 0. The second-order valence-electron chi connectivity index (χ2n) is 7.01. The van der Waals surface area contributed by atoms with Gasteiger partial charge in [0.25, 0.3) is 0 Å². The van der Waals surface area contributed by atoms with Crippen molar-refractivity contribution >= 4 is 0 Å². The van der Waals surface area contributed by atoms with Crippen molar-refractivity contribution in [2.24, 2.45) is 11.8 Å². The van der Waals surface area contributed by atoms with Crippen LogP contribution in [0.4, 0.5) is 0 Å². The Kier molecular flexibility index (Phi) is 10.8. The molecule has 1 aliphatic carbocycles. The molecular weight excluding hydrogens is 320 g/mol. The molecule has 146 valence electrons. The number of hydrogen-bond acceptors (Lipinski definition) is 2. The zero-order chi connectivity index (χ0) is 19.4. The lowest BCUT2D eigenvalue weighted by molar-refractivity contribution is 0.192. The van der Waals surface area contributed by atoms with Crippen LogP contribution >= 0.6 is 0 Å². The molecule has 0 aromatic carbocycles.